The van der Waals surface area contributed by atoms with Gasteiger partial charge in [0.25, 0.3) is 0 Å². The summed E-state index contributed by atoms with van der Waals surface area (Å²) in [5.41, 5.74) is 2.75. The lowest BCUT2D eigenvalue weighted by Gasteiger charge is -2.29. The summed E-state index contributed by atoms with van der Waals surface area (Å²) >= 11 is 0. The molecule has 1 aliphatic heterocycles. The van der Waals surface area contributed by atoms with E-state index in [2.05, 4.69) is 0 Å². The molecular formula is C23H29NO4. The quantitative estimate of drug-likeness (QED) is 0.810. The minimum Gasteiger partial charge on any atom is -0.507 e. The zero-order chi connectivity index (χ0) is 20.1. The first-order valence-electron chi connectivity index (χ1n) is 9.82. The average molecular weight is 383 g/mol. The van der Waals surface area contributed by atoms with Crippen molar-refractivity contribution in [2.24, 2.45) is 0 Å². The Morgan fingerprint density at radius 3 is 2.36 bits per heavy atom. The summed E-state index contributed by atoms with van der Waals surface area (Å²) in [5.74, 6) is 0.934. The summed E-state index contributed by atoms with van der Waals surface area (Å²) in [5, 5.41) is 10.8. The summed E-state index contributed by atoms with van der Waals surface area (Å²) < 4.78 is 10.8. The number of nitrogens with zero attached hydrogens (tertiary/aromatic N) is 1. The van der Waals surface area contributed by atoms with Crippen LogP contribution in [0.3, 0.4) is 0 Å². The molecular weight excluding hydrogens is 354 g/mol. The molecule has 2 aromatic rings. The molecule has 1 atom stereocenters. The number of rotatable bonds is 6. The number of hydrogen-bond acceptors (Lipinski definition) is 4. The van der Waals surface area contributed by atoms with E-state index < -0.39 is 0 Å². The van der Waals surface area contributed by atoms with Crippen molar-refractivity contribution in [3.8, 4) is 17.2 Å². The van der Waals surface area contributed by atoms with Crippen LogP contribution in [0.2, 0.25) is 0 Å². The second-order valence-electron chi connectivity index (χ2n) is 7.37. The van der Waals surface area contributed by atoms with E-state index in [9.17, 15) is 9.90 Å². The van der Waals surface area contributed by atoms with Gasteiger partial charge in [0.1, 0.15) is 17.2 Å². The van der Waals surface area contributed by atoms with E-state index in [1.165, 1.54) is 6.42 Å². The van der Waals surface area contributed by atoms with Gasteiger partial charge in [0, 0.05) is 43.1 Å². The Balaban J connectivity index is 2.01. The van der Waals surface area contributed by atoms with Gasteiger partial charge in [-0.1, -0.05) is 29.8 Å². The molecule has 1 unspecified atom stereocenters. The topological polar surface area (TPSA) is 59.0 Å². The molecule has 150 valence electrons. The van der Waals surface area contributed by atoms with Crippen LogP contribution in [-0.4, -0.2) is 43.2 Å². The maximum atomic E-state index is 13.0. The molecule has 1 fully saturated rings. The van der Waals surface area contributed by atoms with Crippen molar-refractivity contribution in [3.05, 3.63) is 53.1 Å². The fourth-order valence-electron chi connectivity index (χ4n) is 3.86. The van der Waals surface area contributed by atoms with Crippen molar-refractivity contribution < 1.29 is 19.4 Å². The molecule has 0 aliphatic carbocycles. The first kappa shape index (κ1) is 20.1. The number of benzene rings is 2. The summed E-state index contributed by atoms with van der Waals surface area (Å²) in [6, 6.07) is 11.4. The minimum absolute atomic E-state index is 0.0771. The molecule has 3 rings (SSSR count). The van der Waals surface area contributed by atoms with Gasteiger partial charge in [0.2, 0.25) is 5.91 Å². The van der Waals surface area contributed by atoms with Crippen molar-refractivity contribution in [1.82, 2.24) is 4.90 Å². The molecule has 0 radical (unpaired) electrons. The van der Waals surface area contributed by atoms with E-state index in [1.54, 1.807) is 26.4 Å². The summed E-state index contributed by atoms with van der Waals surface area (Å²) in [7, 11) is 3.11. The van der Waals surface area contributed by atoms with Crippen LogP contribution in [0.5, 0.6) is 17.2 Å². The normalized spacial score (nSPS) is 15.2. The molecule has 0 spiro atoms. The molecule has 1 N–H and O–H groups in total. The Morgan fingerprint density at radius 1 is 1.07 bits per heavy atom. The molecule has 1 amide bonds. The number of aryl methyl sites for hydroxylation is 1. The Kier molecular flexibility index (Phi) is 6.45. The van der Waals surface area contributed by atoms with Crippen LogP contribution in [0, 0.1) is 6.92 Å². The Bertz CT molecular complexity index is 810. The van der Waals surface area contributed by atoms with Crippen LogP contribution in [0.15, 0.2) is 36.4 Å². The Hall–Kier alpha value is -2.69. The van der Waals surface area contributed by atoms with Crippen LogP contribution in [-0.2, 0) is 4.79 Å². The second kappa shape index (κ2) is 9.00. The van der Waals surface area contributed by atoms with E-state index in [0.717, 1.165) is 37.1 Å². The number of phenolic OH excluding ortho intramolecular Hbond substituents is 1. The van der Waals surface area contributed by atoms with Gasteiger partial charge in [-0.05, 0) is 31.7 Å². The molecule has 5 nitrogen and oxygen atoms in total. The lowest BCUT2D eigenvalue weighted by atomic mass is 9.86. The fraction of sp³-hybridized carbons (Fsp3) is 0.435. The molecule has 0 aromatic heterocycles. The van der Waals surface area contributed by atoms with E-state index in [4.69, 9.17) is 9.47 Å². The zero-order valence-electron chi connectivity index (χ0n) is 16.9. The Morgan fingerprint density at radius 2 is 1.75 bits per heavy atom. The number of carbonyl (C=O) groups is 1. The Labute approximate surface area is 166 Å². The highest BCUT2D eigenvalue weighted by atomic mass is 16.5. The van der Waals surface area contributed by atoms with Gasteiger partial charge in [-0.25, -0.2) is 0 Å². The van der Waals surface area contributed by atoms with Crippen molar-refractivity contribution >= 4 is 5.91 Å². The lowest BCUT2D eigenvalue weighted by molar-refractivity contribution is -0.132. The number of hydrogen-bond donors (Lipinski definition) is 1. The number of piperidine rings is 1. The number of methoxy groups -OCH3 is 2. The number of likely N-dealkylation sites (tertiary alicyclic amines) is 1. The molecule has 28 heavy (non-hydrogen) atoms. The van der Waals surface area contributed by atoms with Crippen LogP contribution >= 0.6 is 0 Å². The van der Waals surface area contributed by atoms with Crippen LogP contribution in [0.25, 0.3) is 0 Å². The maximum absolute atomic E-state index is 13.0. The second-order valence-corrected chi connectivity index (χ2v) is 7.37. The van der Waals surface area contributed by atoms with E-state index >= 15 is 0 Å². The molecule has 1 aliphatic rings. The summed E-state index contributed by atoms with van der Waals surface area (Å²) in [6.07, 6.45) is 3.58. The third-order valence-corrected chi connectivity index (χ3v) is 5.47. The highest BCUT2D eigenvalue weighted by molar-refractivity contribution is 5.78. The molecule has 0 saturated carbocycles. The van der Waals surface area contributed by atoms with Gasteiger partial charge in [-0.3, -0.25) is 4.79 Å². The molecule has 5 heteroatoms. The number of ether oxygens (including phenoxy) is 2. The van der Waals surface area contributed by atoms with E-state index in [-0.39, 0.29) is 17.6 Å². The third-order valence-electron chi connectivity index (χ3n) is 5.47. The number of carbonyl (C=O) groups excluding carboxylic acids is 1. The predicted molar refractivity (Wildman–Crippen MR) is 109 cm³/mol. The van der Waals surface area contributed by atoms with Crippen molar-refractivity contribution in [1.29, 1.82) is 0 Å². The van der Waals surface area contributed by atoms with Crippen molar-refractivity contribution in [2.75, 3.05) is 27.3 Å². The third kappa shape index (κ3) is 4.41. The van der Waals surface area contributed by atoms with Crippen LogP contribution in [0.4, 0.5) is 0 Å². The van der Waals surface area contributed by atoms with Gasteiger partial charge >= 0.3 is 0 Å². The van der Waals surface area contributed by atoms with E-state index in [1.807, 2.05) is 36.1 Å². The van der Waals surface area contributed by atoms with Crippen LogP contribution < -0.4 is 9.47 Å². The smallest absolute Gasteiger partial charge is 0.223 e. The van der Waals surface area contributed by atoms with Crippen LogP contribution in [0.1, 0.15) is 48.3 Å². The molecule has 1 saturated heterocycles. The number of amides is 1. The summed E-state index contributed by atoms with van der Waals surface area (Å²) in [6.45, 7) is 3.65. The highest BCUT2D eigenvalue weighted by Crippen LogP contribution is 2.43. The standard InChI is InChI=1S/C23H29NO4/c1-16-7-9-17(10-8-16)19(15-22(26)24-11-5-4-6-12-24)23-20(25)13-18(27-2)14-21(23)28-3/h7-10,13-14,19,25H,4-6,11-12,15H2,1-3H3. The average Bonchev–Trinajstić information content (AvgIpc) is 2.73. The van der Waals surface area contributed by atoms with Gasteiger partial charge < -0.3 is 19.5 Å². The summed E-state index contributed by atoms with van der Waals surface area (Å²) in [4.78, 5) is 15.0. The van der Waals surface area contributed by atoms with E-state index in [0.29, 0.717) is 23.5 Å². The monoisotopic (exact) mass is 383 g/mol. The van der Waals surface area contributed by atoms with Gasteiger partial charge in [-0.2, -0.15) is 0 Å². The zero-order valence-corrected chi connectivity index (χ0v) is 16.9. The fourth-order valence-corrected chi connectivity index (χ4v) is 3.86. The van der Waals surface area contributed by atoms with Crippen molar-refractivity contribution in [2.45, 2.75) is 38.5 Å². The first-order valence-corrected chi connectivity index (χ1v) is 9.82. The van der Waals surface area contributed by atoms with Crippen molar-refractivity contribution in [3.63, 3.8) is 0 Å². The SMILES string of the molecule is COc1cc(O)c(C(CC(=O)N2CCCCC2)c2ccc(C)cc2)c(OC)c1. The first-order chi connectivity index (χ1) is 13.5. The molecule has 0 bridgehead atoms. The number of phenols is 1. The minimum atomic E-state index is -0.295. The lowest BCUT2D eigenvalue weighted by Crippen LogP contribution is -2.36. The molecule has 2 aromatic carbocycles. The van der Waals surface area contributed by atoms with Gasteiger partial charge in [0.05, 0.1) is 14.2 Å². The largest absolute Gasteiger partial charge is 0.507 e. The number of aromatic hydroxyl groups is 1. The van der Waals surface area contributed by atoms with Gasteiger partial charge in [0.15, 0.2) is 0 Å². The predicted octanol–water partition coefficient (Wildman–Crippen LogP) is 4.25. The highest BCUT2D eigenvalue weighted by Gasteiger charge is 2.28. The van der Waals surface area contributed by atoms with Gasteiger partial charge in [-0.15, -0.1) is 0 Å². The maximum Gasteiger partial charge on any atom is 0.223 e. The molecule has 1 heterocycles.